The zero-order chi connectivity index (χ0) is 17.9. The second-order valence-corrected chi connectivity index (χ2v) is 7.20. The van der Waals surface area contributed by atoms with E-state index in [-0.39, 0.29) is 11.0 Å². The molecule has 1 amide bonds. The van der Waals surface area contributed by atoms with Gasteiger partial charge in [-0.3, -0.25) is 4.79 Å². The molecule has 0 atom stereocenters. The summed E-state index contributed by atoms with van der Waals surface area (Å²) in [6.45, 7) is 1.91. The average Bonchev–Trinajstić information content (AvgIpc) is 2.60. The van der Waals surface area contributed by atoms with Crippen molar-refractivity contribution in [1.29, 1.82) is 0 Å². The summed E-state index contributed by atoms with van der Waals surface area (Å²) in [4.78, 5) is 11.7. The summed E-state index contributed by atoms with van der Waals surface area (Å²) in [6, 6.07) is 13.1. The van der Waals surface area contributed by atoms with Crippen molar-refractivity contribution in [2.24, 2.45) is 5.73 Å². The summed E-state index contributed by atoms with van der Waals surface area (Å²) >= 11 is 3.27. The van der Waals surface area contributed by atoms with Gasteiger partial charge in [-0.1, -0.05) is 46.3 Å². The van der Waals surface area contributed by atoms with E-state index < -0.39 is 11.7 Å². The highest BCUT2D eigenvalue weighted by Gasteiger charge is 2.34. The number of hydrogen-bond donors (Lipinski definition) is 2. The van der Waals surface area contributed by atoms with Gasteiger partial charge in [-0.15, -0.1) is 0 Å². The van der Waals surface area contributed by atoms with Crippen LogP contribution in [0.5, 0.6) is 0 Å². The third-order valence-electron chi connectivity index (χ3n) is 4.75. The zero-order valence-electron chi connectivity index (χ0n) is 13.7. The van der Waals surface area contributed by atoms with E-state index in [2.05, 4.69) is 33.4 Å². The SMILES string of the molecule is NC(=O)c1c(F)cc(Br)cc1NCC1(c2ccccc2)CCOCC1. The van der Waals surface area contributed by atoms with Crippen LogP contribution in [-0.4, -0.2) is 25.7 Å². The van der Waals surface area contributed by atoms with Gasteiger partial charge in [-0.2, -0.15) is 0 Å². The first-order chi connectivity index (χ1) is 12.0. The Morgan fingerprint density at radius 3 is 2.56 bits per heavy atom. The second-order valence-electron chi connectivity index (χ2n) is 6.29. The van der Waals surface area contributed by atoms with Crippen molar-refractivity contribution in [2.45, 2.75) is 18.3 Å². The summed E-state index contributed by atoms with van der Waals surface area (Å²) in [5.74, 6) is -1.42. The predicted octanol–water partition coefficient (Wildman–Crippen LogP) is 3.85. The Kier molecular flexibility index (Phi) is 5.39. The minimum Gasteiger partial charge on any atom is -0.383 e. The maximum absolute atomic E-state index is 14.2. The van der Waals surface area contributed by atoms with Crippen molar-refractivity contribution < 1.29 is 13.9 Å². The molecule has 0 aliphatic carbocycles. The summed E-state index contributed by atoms with van der Waals surface area (Å²) in [5.41, 5.74) is 6.73. The molecule has 1 saturated heterocycles. The standard InChI is InChI=1S/C19H20BrFN2O2/c20-14-10-15(21)17(18(22)24)16(11-14)23-12-19(6-8-25-9-7-19)13-4-2-1-3-5-13/h1-5,10-11,23H,6-9,12H2,(H2,22,24). The Hall–Kier alpha value is -1.92. The Balaban J connectivity index is 1.91. The van der Waals surface area contributed by atoms with E-state index in [1.54, 1.807) is 6.07 Å². The van der Waals surface area contributed by atoms with Gasteiger partial charge in [0, 0.05) is 29.6 Å². The zero-order valence-corrected chi connectivity index (χ0v) is 15.3. The molecule has 0 spiro atoms. The van der Waals surface area contributed by atoms with Gasteiger partial charge in [0.15, 0.2) is 0 Å². The predicted molar refractivity (Wildman–Crippen MR) is 99.3 cm³/mol. The van der Waals surface area contributed by atoms with Crippen molar-refractivity contribution >= 4 is 27.5 Å². The molecule has 2 aromatic carbocycles. The number of benzene rings is 2. The fourth-order valence-electron chi connectivity index (χ4n) is 3.35. The van der Waals surface area contributed by atoms with Crippen LogP contribution in [0, 0.1) is 5.82 Å². The van der Waals surface area contributed by atoms with Gasteiger partial charge < -0.3 is 15.8 Å². The van der Waals surface area contributed by atoms with Crippen LogP contribution in [0.4, 0.5) is 10.1 Å². The number of nitrogens with two attached hydrogens (primary N) is 1. The smallest absolute Gasteiger partial charge is 0.253 e. The minimum absolute atomic E-state index is 0.113. The van der Waals surface area contributed by atoms with E-state index in [1.807, 2.05) is 18.2 Å². The largest absolute Gasteiger partial charge is 0.383 e. The minimum atomic E-state index is -0.784. The van der Waals surface area contributed by atoms with Gasteiger partial charge in [0.25, 0.3) is 5.91 Å². The molecule has 4 nitrogen and oxygen atoms in total. The van der Waals surface area contributed by atoms with Crippen LogP contribution in [0.1, 0.15) is 28.8 Å². The summed E-state index contributed by atoms with van der Waals surface area (Å²) in [6.07, 6.45) is 1.71. The van der Waals surface area contributed by atoms with Gasteiger partial charge in [-0.25, -0.2) is 4.39 Å². The van der Waals surface area contributed by atoms with Gasteiger partial charge >= 0.3 is 0 Å². The lowest BCUT2D eigenvalue weighted by atomic mass is 9.74. The number of rotatable bonds is 5. The number of hydrogen-bond acceptors (Lipinski definition) is 3. The summed E-state index contributed by atoms with van der Waals surface area (Å²) in [5, 5.41) is 3.26. The lowest BCUT2D eigenvalue weighted by Gasteiger charge is -2.38. The third kappa shape index (κ3) is 3.85. The molecule has 2 aromatic rings. The molecule has 25 heavy (non-hydrogen) atoms. The van der Waals surface area contributed by atoms with E-state index >= 15 is 0 Å². The topological polar surface area (TPSA) is 64.4 Å². The maximum Gasteiger partial charge on any atom is 0.253 e. The van der Waals surface area contributed by atoms with Crippen molar-refractivity contribution in [1.82, 2.24) is 0 Å². The van der Waals surface area contributed by atoms with E-state index in [0.717, 1.165) is 12.8 Å². The molecule has 3 N–H and O–H groups in total. The Bertz CT molecular complexity index is 762. The number of ether oxygens (including phenoxy) is 1. The van der Waals surface area contributed by atoms with Crippen molar-refractivity contribution in [3.63, 3.8) is 0 Å². The van der Waals surface area contributed by atoms with Crippen LogP contribution >= 0.6 is 15.9 Å². The molecule has 1 fully saturated rings. The molecular weight excluding hydrogens is 387 g/mol. The summed E-state index contributed by atoms with van der Waals surface area (Å²) in [7, 11) is 0. The second kappa shape index (κ2) is 7.54. The number of primary amides is 1. The van der Waals surface area contributed by atoms with Crippen LogP contribution in [0.2, 0.25) is 0 Å². The van der Waals surface area contributed by atoms with Gasteiger partial charge in [0.2, 0.25) is 0 Å². The van der Waals surface area contributed by atoms with E-state index in [1.165, 1.54) is 11.6 Å². The molecular formula is C19H20BrFN2O2. The molecule has 1 heterocycles. The van der Waals surface area contributed by atoms with E-state index in [0.29, 0.717) is 29.9 Å². The highest BCUT2D eigenvalue weighted by Crippen LogP contribution is 2.36. The molecule has 132 valence electrons. The molecule has 3 rings (SSSR count). The van der Waals surface area contributed by atoms with Crippen molar-refractivity contribution in [3.8, 4) is 0 Å². The van der Waals surface area contributed by atoms with Gasteiger partial charge in [0.1, 0.15) is 5.82 Å². The molecule has 1 aliphatic heterocycles. The number of carbonyl (C=O) groups excluding carboxylic acids is 1. The normalized spacial score (nSPS) is 16.4. The molecule has 6 heteroatoms. The molecule has 0 bridgehead atoms. The van der Waals surface area contributed by atoms with Crippen molar-refractivity contribution in [3.05, 3.63) is 63.9 Å². The highest BCUT2D eigenvalue weighted by atomic mass is 79.9. The first-order valence-electron chi connectivity index (χ1n) is 8.18. The lowest BCUT2D eigenvalue weighted by Crippen LogP contribution is -2.40. The number of carbonyl (C=O) groups is 1. The molecule has 1 aliphatic rings. The lowest BCUT2D eigenvalue weighted by molar-refractivity contribution is 0.0543. The van der Waals surface area contributed by atoms with Crippen molar-refractivity contribution in [2.75, 3.05) is 25.1 Å². The molecule has 0 radical (unpaired) electrons. The maximum atomic E-state index is 14.2. The average molecular weight is 407 g/mol. The highest BCUT2D eigenvalue weighted by molar-refractivity contribution is 9.10. The number of nitrogens with one attached hydrogen (secondary N) is 1. The Morgan fingerprint density at radius 2 is 1.92 bits per heavy atom. The monoisotopic (exact) mass is 406 g/mol. The molecule has 0 aromatic heterocycles. The van der Waals surface area contributed by atoms with Gasteiger partial charge in [-0.05, 0) is 30.5 Å². The van der Waals surface area contributed by atoms with Crippen LogP contribution in [0.15, 0.2) is 46.9 Å². The van der Waals surface area contributed by atoms with Crippen LogP contribution in [0.3, 0.4) is 0 Å². The van der Waals surface area contributed by atoms with Crippen LogP contribution < -0.4 is 11.1 Å². The first-order valence-corrected chi connectivity index (χ1v) is 8.97. The van der Waals surface area contributed by atoms with Gasteiger partial charge in [0.05, 0.1) is 11.3 Å². The quantitative estimate of drug-likeness (QED) is 0.792. The Labute approximate surface area is 154 Å². The first kappa shape index (κ1) is 17.9. The number of anilines is 1. The number of halogens is 2. The van der Waals surface area contributed by atoms with E-state index in [4.69, 9.17) is 10.5 Å². The van der Waals surface area contributed by atoms with Crippen LogP contribution in [-0.2, 0) is 10.2 Å². The molecule has 0 unspecified atom stereocenters. The summed E-state index contributed by atoms with van der Waals surface area (Å²) < 4.78 is 20.2. The fourth-order valence-corrected chi connectivity index (χ4v) is 3.78. The van der Waals surface area contributed by atoms with E-state index in [9.17, 15) is 9.18 Å². The Morgan fingerprint density at radius 1 is 1.24 bits per heavy atom. The number of amides is 1. The fraction of sp³-hybridized carbons (Fsp3) is 0.316. The third-order valence-corrected chi connectivity index (χ3v) is 5.21. The molecule has 0 saturated carbocycles. The van der Waals surface area contributed by atoms with Crippen LogP contribution in [0.25, 0.3) is 0 Å².